The molecule has 0 spiro atoms. The zero-order valence-electron chi connectivity index (χ0n) is 11.3. The van der Waals surface area contributed by atoms with Gasteiger partial charge in [0.15, 0.2) is 5.82 Å². The molecule has 0 atom stereocenters. The van der Waals surface area contributed by atoms with Crippen LogP contribution in [-0.4, -0.2) is 17.0 Å². The van der Waals surface area contributed by atoms with E-state index in [0.717, 1.165) is 20.6 Å². The van der Waals surface area contributed by atoms with Crippen LogP contribution in [0.3, 0.4) is 0 Å². The van der Waals surface area contributed by atoms with Crippen molar-refractivity contribution >= 4 is 44.3 Å². The van der Waals surface area contributed by atoms with Crippen LogP contribution < -0.4 is 5.32 Å². The molecule has 2 aromatic rings. The van der Waals surface area contributed by atoms with Crippen molar-refractivity contribution in [2.45, 2.75) is 19.8 Å². The summed E-state index contributed by atoms with van der Waals surface area (Å²) in [5.41, 5.74) is 1.77. The largest absolute Gasteiger partial charge is 0.372 e. The fraction of sp³-hybridized carbons (Fsp3) is 0.286. The topological polar surface area (TPSA) is 37.8 Å². The van der Waals surface area contributed by atoms with E-state index in [4.69, 9.17) is 0 Å². The molecule has 0 saturated heterocycles. The second-order valence-corrected chi connectivity index (χ2v) is 6.56. The molecule has 6 heteroatoms. The lowest BCUT2D eigenvalue weighted by Gasteiger charge is -2.13. The molecule has 1 heterocycles. The Morgan fingerprint density at radius 3 is 2.55 bits per heavy atom. The molecule has 1 N–H and O–H groups in total. The summed E-state index contributed by atoms with van der Waals surface area (Å²) < 4.78 is 14.8. The summed E-state index contributed by atoms with van der Waals surface area (Å²) in [5.74, 6) is 1.38. The van der Waals surface area contributed by atoms with Crippen LogP contribution in [0.15, 0.2) is 22.7 Å². The average molecular weight is 450 g/mol. The maximum absolute atomic E-state index is 13.3. The molecule has 0 bridgehead atoms. The van der Waals surface area contributed by atoms with Gasteiger partial charge in [0.25, 0.3) is 0 Å². The van der Waals surface area contributed by atoms with Crippen molar-refractivity contribution in [1.29, 1.82) is 0 Å². The molecule has 0 saturated carbocycles. The average Bonchev–Trinajstić information content (AvgIpc) is 2.42. The standard InChI is InChI=1S/C14H14BrFIN3/c1-7(2)12-11(17)14(18-3)20-13(19-12)8-4-5-10(16)9(15)6-8/h4-7H,1-3H3,(H,18,19,20). The Hall–Kier alpha value is -0.760. The number of rotatable bonds is 3. The molecule has 0 amide bonds. The van der Waals surface area contributed by atoms with Gasteiger partial charge in [-0.3, -0.25) is 0 Å². The van der Waals surface area contributed by atoms with Gasteiger partial charge in [0.2, 0.25) is 0 Å². The monoisotopic (exact) mass is 449 g/mol. The summed E-state index contributed by atoms with van der Waals surface area (Å²) in [6.45, 7) is 4.18. The molecule has 0 aliphatic heterocycles. The van der Waals surface area contributed by atoms with E-state index in [-0.39, 0.29) is 5.82 Å². The Labute approximate surface area is 139 Å². The molecule has 0 fully saturated rings. The summed E-state index contributed by atoms with van der Waals surface area (Å²) in [4.78, 5) is 9.12. The number of aromatic nitrogens is 2. The van der Waals surface area contributed by atoms with Crippen molar-refractivity contribution in [3.05, 3.63) is 37.8 Å². The molecular formula is C14H14BrFIN3. The molecule has 3 nitrogen and oxygen atoms in total. The second-order valence-electron chi connectivity index (χ2n) is 4.63. The van der Waals surface area contributed by atoms with E-state index in [0.29, 0.717) is 16.2 Å². The van der Waals surface area contributed by atoms with E-state index < -0.39 is 0 Å². The Bertz CT molecular complexity index is 647. The van der Waals surface area contributed by atoms with Gasteiger partial charge in [-0.25, -0.2) is 14.4 Å². The van der Waals surface area contributed by atoms with Crippen LogP contribution in [-0.2, 0) is 0 Å². The summed E-state index contributed by atoms with van der Waals surface area (Å²) in [6.07, 6.45) is 0. The lowest BCUT2D eigenvalue weighted by molar-refractivity contribution is 0.621. The Morgan fingerprint density at radius 2 is 2.00 bits per heavy atom. The van der Waals surface area contributed by atoms with Crippen molar-refractivity contribution < 1.29 is 4.39 Å². The van der Waals surface area contributed by atoms with Gasteiger partial charge >= 0.3 is 0 Å². The van der Waals surface area contributed by atoms with E-state index in [1.165, 1.54) is 6.07 Å². The second kappa shape index (κ2) is 6.34. The number of halogens is 3. The third-order valence-corrected chi connectivity index (χ3v) is 4.51. The first kappa shape index (κ1) is 15.6. The molecular weight excluding hydrogens is 436 g/mol. The summed E-state index contributed by atoms with van der Waals surface area (Å²) in [7, 11) is 1.83. The van der Waals surface area contributed by atoms with Crippen molar-refractivity contribution in [2.75, 3.05) is 12.4 Å². The van der Waals surface area contributed by atoms with Crippen LogP contribution in [0.2, 0.25) is 0 Å². The maximum atomic E-state index is 13.3. The minimum absolute atomic E-state index is 0.291. The van der Waals surface area contributed by atoms with Crippen LogP contribution in [0.25, 0.3) is 11.4 Å². The summed E-state index contributed by atoms with van der Waals surface area (Å²) >= 11 is 5.44. The number of hydrogen-bond donors (Lipinski definition) is 1. The number of benzene rings is 1. The van der Waals surface area contributed by atoms with E-state index >= 15 is 0 Å². The maximum Gasteiger partial charge on any atom is 0.161 e. The van der Waals surface area contributed by atoms with Gasteiger partial charge in [0.1, 0.15) is 11.6 Å². The number of nitrogens with one attached hydrogen (secondary N) is 1. The minimum atomic E-state index is -0.294. The van der Waals surface area contributed by atoms with E-state index in [1.807, 2.05) is 7.05 Å². The fourth-order valence-corrected chi connectivity index (χ4v) is 3.29. The Morgan fingerprint density at radius 1 is 1.30 bits per heavy atom. The van der Waals surface area contributed by atoms with Crippen molar-refractivity contribution in [3.63, 3.8) is 0 Å². The first-order valence-corrected chi connectivity index (χ1v) is 8.01. The van der Waals surface area contributed by atoms with Gasteiger partial charge in [0, 0.05) is 12.6 Å². The molecule has 0 unspecified atom stereocenters. The molecule has 2 rings (SSSR count). The van der Waals surface area contributed by atoms with Gasteiger partial charge in [-0.15, -0.1) is 0 Å². The van der Waals surface area contributed by atoms with Crippen molar-refractivity contribution in [3.8, 4) is 11.4 Å². The van der Waals surface area contributed by atoms with Gasteiger partial charge in [-0.2, -0.15) is 0 Å². The minimum Gasteiger partial charge on any atom is -0.372 e. The normalized spacial score (nSPS) is 10.9. The predicted molar refractivity (Wildman–Crippen MR) is 91.5 cm³/mol. The van der Waals surface area contributed by atoms with E-state index in [9.17, 15) is 4.39 Å². The fourth-order valence-electron chi connectivity index (χ4n) is 1.78. The van der Waals surface area contributed by atoms with Crippen LogP contribution >= 0.6 is 38.5 Å². The predicted octanol–water partition coefficient (Wildman–Crippen LogP) is 4.81. The molecule has 0 aliphatic rings. The highest BCUT2D eigenvalue weighted by molar-refractivity contribution is 14.1. The molecule has 20 heavy (non-hydrogen) atoms. The zero-order chi connectivity index (χ0) is 14.9. The van der Waals surface area contributed by atoms with Crippen molar-refractivity contribution in [2.24, 2.45) is 0 Å². The zero-order valence-corrected chi connectivity index (χ0v) is 15.1. The highest BCUT2D eigenvalue weighted by Crippen LogP contribution is 2.29. The van der Waals surface area contributed by atoms with E-state index in [1.54, 1.807) is 12.1 Å². The van der Waals surface area contributed by atoms with E-state index in [2.05, 4.69) is 67.7 Å². The number of hydrogen-bond acceptors (Lipinski definition) is 3. The lowest BCUT2D eigenvalue weighted by atomic mass is 10.1. The first-order chi connectivity index (χ1) is 9.43. The Kier molecular flexibility index (Phi) is 4.95. The van der Waals surface area contributed by atoms with Crippen molar-refractivity contribution in [1.82, 2.24) is 9.97 Å². The molecule has 0 radical (unpaired) electrons. The summed E-state index contributed by atoms with van der Waals surface area (Å²) in [6, 6.07) is 4.79. The molecule has 0 aliphatic carbocycles. The third-order valence-electron chi connectivity index (χ3n) is 2.84. The lowest BCUT2D eigenvalue weighted by Crippen LogP contribution is -2.06. The van der Waals surface area contributed by atoms with Gasteiger partial charge in [0.05, 0.1) is 13.7 Å². The molecule has 106 valence electrons. The van der Waals surface area contributed by atoms with Crippen LogP contribution in [0, 0.1) is 9.39 Å². The SMILES string of the molecule is CNc1nc(-c2ccc(F)c(Br)c2)nc(C(C)C)c1I. The quantitative estimate of drug-likeness (QED) is 0.683. The van der Waals surface area contributed by atoms with Gasteiger partial charge in [-0.1, -0.05) is 13.8 Å². The van der Waals surface area contributed by atoms with Crippen LogP contribution in [0.1, 0.15) is 25.5 Å². The van der Waals surface area contributed by atoms with Gasteiger partial charge in [-0.05, 0) is 62.6 Å². The Balaban J connectivity index is 2.61. The molecule has 1 aromatic carbocycles. The highest BCUT2D eigenvalue weighted by atomic mass is 127. The molecule has 1 aromatic heterocycles. The van der Waals surface area contributed by atoms with Crippen LogP contribution in [0.5, 0.6) is 0 Å². The first-order valence-electron chi connectivity index (χ1n) is 6.14. The smallest absolute Gasteiger partial charge is 0.161 e. The summed E-state index contributed by atoms with van der Waals surface area (Å²) in [5, 5.41) is 3.08. The third kappa shape index (κ3) is 3.11. The number of nitrogens with zero attached hydrogens (tertiary/aromatic N) is 2. The van der Waals surface area contributed by atoms with Crippen LogP contribution in [0.4, 0.5) is 10.2 Å². The van der Waals surface area contributed by atoms with Gasteiger partial charge < -0.3 is 5.32 Å². The highest BCUT2D eigenvalue weighted by Gasteiger charge is 2.15. The number of anilines is 1.